The fourth-order valence-electron chi connectivity index (χ4n) is 7.60. The normalized spacial score (nSPS) is 21.1. The van der Waals surface area contributed by atoms with Crippen molar-refractivity contribution in [1.29, 1.82) is 5.26 Å². The van der Waals surface area contributed by atoms with Crippen LogP contribution >= 0.6 is 23.2 Å². The monoisotopic (exact) mass is 701 g/mol. The number of nitriles is 1. The molecule has 3 aromatic rings. The Morgan fingerprint density at radius 3 is 2.33 bits per heavy atom. The first-order valence-corrected chi connectivity index (χ1v) is 17.6. The number of aryl methyl sites for hydroxylation is 2. The van der Waals surface area contributed by atoms with Gasteiger partial charge in [-0.3, -0.25) is 19.3 Å². The molecule has 0 unspecified atom stereocenters. The van der Waals surface area contributed by atoms with E-state index in [1.54, 1.807) is 12.1 Å². The lowest BCUT2D eigenvalue weighted by Gasteiger charge is -2.42. The molecule has 0 saturated carbocycles. The number of halogens is 2. The van der Waals surface area contributed by atoms with Crippen LogP contribution in [0.15, 0.2) is 66.7 Å². The van der Waals surface area contributed by atoms with Crippen molar-refractivity contribution in [2.24, 2.45) is 0 Å². The number of nitrogens with zero attached hydrogens (tertiary/aromatic N) is 5. The zero-order chi connectivity index (χ0) is 34.7. The maximum Gasteiger partial charge on any atom is 0.254 e. The number of ether oxygens (including phenoxy) is 1. The molecule has 3 amide bonds. The van der Waals surface area contributed by atoms with Crippen LogP contribution in [0.25, 0.3) is 0 Å². The van der Waals surface area contributed by atoms with Gasteiger partial charge in [0.25, 0.3) is 11.8 Å². The SMILES string of the molecule is Cc1cc(C)cc(C(=O)N2CCN(C(=O)CCN3C[C@@H]4C[C@H]3CN4C(=O)[C@H](Cc3ccccc3)OCC#N)[C@H](c3ccc(Cl)c(Cl)c3)C2)c1. The Hall–Kier alpha value is -3.94. The van der Waals surface area contributed by atoms with Gasteiger partial charge >= 0.3 is 0 Å². The maximum absolute atomic E-state index is 13.9. The summed E-state index contributed by atoms with van der Waals surface area (Å²) >= 11 is 12.7. The van der Waals surface area contributed by atoms with E-state index in [4.69, 9.17) is 33.2 Å². The van der Waals surface area contributed by atoms with E-state index >= 15 is 0 Å². The molecule has 256 valence electrons. The second-order valence-electron chi connectivity index (χ2n) is 13.3. The van der Waals surface area contributed by atoms with Crippen LogP contribution in [-0.2, 0) is 20.7 Å². The lowest BCUT2D eigenvalue weighted by atomic mass is 10.00. The number of likely N-dealkylation sites (tertiary alicyclic amines) is 2. The maximum atomic E-state index is 13.9. The van der Waals surface area contributed by atoms with Gasteiger partial charge in [0.1, 0.15) is 12.7 Å². The van der Waals surface area contributed by atoms with Gasteiger partial charge in [0.2, 0.25) is 5.91 Å². The highest BCUT2D eigenvalue weighted by atomic mass is 35.5. The standard InChI is InChI=1S/C38H41Cl2N5O4/c1-25-16-26(2)18-29(17-25)37(47)43-13-14-44(34(24-43)28-8-9-32(39)33(40)20-28)36(46)10-12-42-22-31-21-30(42)23-45(31)38(48)35(49-15-11-41)19-27-6-4-3-5-7-27/h3-9,16-18,20,30-31,34-35H,10,12-15,19,21-24H2,1-2H3/t30-,31-,34-,35-/m0/s1. The summed E-state index contributed by atoms with van der Waals surface area (Å²) < 4.78 is 5.71. The van der Waals surface area contributed by atoms with E-state index in [9.17, 15) is 14.4 Å². The van der Waals surface area contributed by atoms with E-state index in [0.29, 0.717) is 67.7 Å². The van der Waals surface area contributed by atoms with Gasteiger partial charge in [0.05, 0.1) is 22.2 Å². The molecule has 3 aromatic carbocycles. The average Bonchev–Trinajstić information content (AvgIpc) is 3.70. The molecule has 4 atom stereocenters. The summed E-state index contributed by atoms with van der Waals surface area (Å²) in [5.41, 5.74) is 4.52. The molecule has 0 radical (unpaired) electrons. The highest BCUT2D eigenvalue weighted by molar-refractivity contribution is 6.42. The number of rotatable bonds is 10. The van der Waals surface area contributed by atoms with E-state index in [0.717, 1.165) is 28.7 Å². The zero-order valence-electron chi connectivity index (χ0n) is 27.9. The van der Waals surface area contributed by atoms with Crippen molar-refractivity contribution < 1.29 is 19.1 Å². The van der Waals surface area contributed by atoms with E-state index in [1.165, 1.54) is 0 Å². The molecule has 3 aliphatic heterocycles. The van der Waals surface area contributed by atoms with Crippen LogP contribution in [0, 0.1) is 25.2 Å². The van der Waals surface area contributed by atoms with Gasteiger partial charge in [-0.1, -0.05) is 76.8 Å². The van der Waals surface area contributed by atoms with Crippen LogP contribution in [0.2, 0.25) is 10.0 Å². The van der Waals surface area contributed by atoms with Crippen LogP contribution in [-0.4, -0.2) is 101 Å². The largest absolute Gasteiger partial charge is 0.353 e. The van der Waals surface area contributed by atoms with Gasteiger partial charge in [0.15, 0.2) is 0 Å². The molecule has 2 bridgehead atoms. The van der Waals surface area contributed by atoms with Gasteiger partial charge < -0.3 is 19.4 Å². The van der Waals surface area contributed by atoms with Crippen molar-refractivity contribution in [1.82, 2.24) is 19.6 Å². The summed E-state index contributed by atoms with van der Waals surface area (Å²) in [5, 5.41) is 9.94. The first-order valence-electron chi connectivity index (χ1n) is 16.8. The Labute approximate surface area is 297 Å². The number of piperazine rings is 2. The molecule has 6 rings (SSSR count). The summed E-state index contributed by atoms with van der Waals surface area (Å²) in [6.45, 7) is 6.84. The third kappa shape index (κ3) is 7.94. The smallest absolute Gasteiger partial charge is 0.254 e. The van der Waals surface area contributed by atoms with Crippen LogP contribution < -0.4 is 0 Å². The van der Waals surface area contributed by atoms with Crippen molar-refractivity contribution in [3.63, 3.8) is 0 Å². The van der Waals surface area contributed by atoms with Crippen molar-refractivity contribution in [3.8, 4) is 6.07 Å². The predicted octanol–water partition coefficient (Wildman–Crippen LogP) is 5.46. The molecule has 3 aliphatic rings. The van der Waals surface area contributed by atoms with E-state index in [-0.39, 0.29) is 42.5 Å². The Morgan fingerprint density at radius 1 is 0.898 bits per heavy atom. The van der Waals surface area contributed by atoms with Crippen LogP contribution in [0.4, 0.5) is 0 Å². The average molecular weight is 703 g/mol. The van der Waals surface area contributed by atoms with E-state index in [1.807, 2.05) is 89.2 Å². The molecule has 49 heavy (non-hydrogen) atoms. The second-order valence-corrected chi connectivity index (χ2v) is 14.1. The molecule has 11 heteroatoms. The highest BCUT2D eigenvalue weighted by Gasteiger charge is 2.47. The quantitative estimate of drug-likeness (QED) is 0.279. The topological polar surface area (TPSA) is 97.2 Å². The minimum Gasteiger partial charge on any atom is -0.353 e. The fourth-order valence-corrected chi connectivity index (χ4v) is 7.90. The predicted molar refractivity (Wildman–Crippen MR) is 188 cm³/mol. The molecule has 0 aliphatic carbocycles. The van der Waals surface area contributed by atoms with Crippen molar-refractivity contribution >= 4 is 40.9 Å². The summed E-state index contributed by atoms with van der Waals surface area (Å²) in [6, 6.07) is 22.8. The summed E-state index contributed by atoms with van der Waals surface area (Å²) in [4.78, 5) is 49.0. The third-order valence-corrected chi connectivity index (χ3v) is 10.7. The zero-order valence-corrected chi connectivity index (χ0v) is 29.4. The number of benzene rings is 3. The fraction of sp³-hybridized carbons (Fsp3) is 0.421. The van der Waals surface area contributed by atoms with Crippen LogP contribution in [0.5, 0.6) is 0 Å². The molecule has 0 aromatic heterocycles. The van der Waals surface area contributed by atoms with Crippen molar-refractivity contribution in [2.45, 2.75) is 57.3 Å². The number of fused-ring (bicyclic) bond motifs is 2. The third-order valence-electron chi connectivity index (χ3n) is 9.92. The molecular weight excluding hydrogens is 661 g/mol. The first kappa shape index (κ1) is 34.9. The number of amides is 3. The Morgan fingerprint density at radius 2 is 1.65 bits per heavy atom. The number of carbonyl (C=O) groups excluding carboxylic acids is 3. The van der Waals surface area contributed by atoms with Gasteiger partial charge in [-0.2, -0.15) is 5.26 Å². The van der Waals surface area contributed by atoms with Crippen molar-refractivity contribution in [2.75, 3.05) is 45.9 Å². The number of hydrogen-bond acceptors (Lipinski definition) is 6. The summed E-state index contributed by atoms with van der Waals surface area (Å²) in [6.07, 6.45) is 0.871. The Balaban J connectivity index is 1.09. The molecular formula is C38H41Cl2N5O4. The van der Waals surface area contributed by atoms with Crippen LogP contribution in [0.1, 0.15) is 51.5 Å². The summed E-state index contributed by atoms with van der Waals surface area (Å²) in [5.74, 6) is -0.127. The van der Waals surface area contributed by atoms with Gasteiger partial charge in [-0.25, -0.2) is 0 Å². The highest BCUT2D eigenvalue weighted by Crippen LogP contribution is 2.34. The molecule has 3 saturated heterocycles. The molecule has 3 heterocycles. The minimum atomic E-state index is -0.713. The molecule has 0 N–H and O–H groups in total. The van der Waals surface area contributed by atoms with E-state index < -0.39 is 6.10 Å². The molecule has 3 fully saturated rings. The first-order chi connectivity index (χ1) is 23.6. The van der Waals surface area contributed by atoms with Crippen LogP contribution in [0.3, 0.4) is 0 Å². The summed E-state index contributed by atoms with van der Waals surface area (Å²) in [7, 11) is 0. The molecule has 9 nitrogen and oxygen atoms in total. The second kappa shape index (κ2) is 15.3. The van der Waals surface area contributed by atoms with Gasteiger partial charge in [-0.15, -0.1) is 0 Å². The Kier molecular flexibility index (Phi) is 10.9. The van der Waals surface area contributed by atoms with Crippen molar-refractivity contribution in [3.05, 3.63) is 105 Å². The number of carbonyl (C=O) groups is 3. The molecule has 0 spiro atoms. The van der Waals surface area contributed by atoms with Gasteiger partial charge in [-0.05, 0) is 55.7 Å². The lowest BCUT2D eigenvalue weighted by Crippen LogP contribution is -2.54. The lowest BCUT2D eigenvalue weighted by molar-refractivity contribution is -0.145. The number of hydrogen-bond donors (Lipinski definition) is 0. The van der Waals surface area contributed by atoms with E-state index in [2.05, 4.69) is 4.90 Å². The minimum absolute atomic E-state index is 0.0121. The van der Waals surface area contributed by atoms with Gasteiger partial charge in [0, 0.05) is 69.8 Å². The Bertz CT molecular complexity index is 1730.